The van der Waals surface area contributed by atoms with Crippen molar-refractivity contribution in [2.75, 3.05) is 0 Å². The maximum absolute atomic E-state index is 11.0. The second-order valence-electron chi connectivity index (χ2n) is 4.01. The lowest BCUT2D eigenvalue weighted by Gasteiger charge is -2.11. The average Bonchev–Trinajstić information content (AvgIpc) is 2.40. The molecule has 0 amide bonds. The zero-order chi connectivity index (χ0) is 14.7. The first-order valence-electron chi connectivity index (χ1n) is 6.58. The molecule has 0 bridgehead atoms. The van der Waals surface area contributed by atoms with Crippen molar-refractivity contribution in [3.8, 4) is 0 Å². The fourth-order valence-electron chi connectivity index (χ4n) is 1.71. The van der Waals surface area contributed by atoms with Gasteiger partial charge in [0.2, 0.25) is 0 Å². The van der Waals surface area contributed by atoms with Crippen LogP contribution < -0.4 is 0 Å². The Labute approximate surface area is 114 Å². The summed E-state index contributed by atoms with van der Waals surface area (Å²) in [6.07, 6.45) is 1.28. The third-order valence-electron chi connectivity index (χ3n) is 2.62. The molecule has 0 saturated heterocycles. The van der Waals surface area contributed by atoms with E-state index in [1.165, 1.54) is 0 Å². The van der Waals surface area contributed by atoms with Gasteiger partial charge in [-0.15, -0.1) is 0 Å². The first-order chi connectivity index (χ1) is 9.09. The van der Waals surface area contributed by atoms with Crippen LogP contribution in [0.15, 0.2) is 30.3 Å². The van der Waals surface area contributed by atoms with E-state index in [2.05, 4.69) is 0 Å². The van der Waals surface area contributed by atoms with E-state index < -0.39 is 17.9 Å². The van der Waals surface area contributed by atoms with E-state index >= 15 is 0 Å². The molecule has 0 heterocycles. The van der Waals surface area contributed by atoms with Crippen LogP contribution in [0.25, 0.3) is 0 Å². The lowest BCUT2D eigenvalue weighted by atomic mass is 9.94. The monoisotopic (exact) mass is 266 g/mol. The Bertz CT molecular complexity index is 373. The van der Waals surface area contributed by atoms with Crippen molar-refractivity contribution in [1.82, 2.24) is 0 Å². The van der Waals surface area contributed by atoms with E-state index in [-0.39, 0.29) is 6.42 Å². The lowest BCUT2D eigenvalue weighted by Crippen LogP contribution is -2.16. The summed E-state index contributed by atoms with van der Waals surface area (Å²) in [5, 5.41) is 17.6. The molecule has 0 aliphatic rings. The number of benzene rings is 1. The van der Waals surface area contributed by atoms with Crippen LogP contribution in [0, 0.1) is 5.92 Å². The van der Waals surface area contributed by atoms with Crippen LogP contribution in [0.2, 0.25) is 0 Å². The third-order valence-corrected chi connectivity index (χ3v) is 2.62. The number of carboxylic acids is 2. The van der Waals surface area contributed by atoms with Gasteiger partial charge in [0, 0.05) is 6.42 Å². The van der Waals surface area contributed by atoms with Gasteiger partial charge in [-0.1, -0.05) is 44.2 Å². The largest absolute Gasteiger partial charge is 0.481 e. The second kappa shape index (κ2) is 10.1. The molecule has 0 radical (unpaired) electrons. The summed E-state index contributed by atoms with van der Waals surface area (Å²) < 4.78 is 0. The zero-order valence-electron chi connectivity index (χ0n) is 11.5. The number of aliphatic carboxylic acids is 2. The Kier molecular flexibility index (Phi) is 9.14. The molecule has 106 valence electrons. The Morgan fingerprint density at radius 3 is 2.16 bits per heavy atom. The smallest absolute Gasteiger partial charge is 0.306 e. The van der Waals surface area contributed by atoms with Gasteiger partial charge in [0.25, 0.3) is 0 Å². The van der Waals surface area contributed by atoms with E-state index in [0.717, 1.165) is 5.56 Å². The third kappa shape index (κ3) is 7.97. The van der Waals surface area contributed by atoms with E-state index in [1.807, 2.05) is 44.2 Å². The summed E-state index contributed by atoms with van der Waals surface area (Å²) in [6, 6.07) is 9.38. The van der Waals surface area contributed by atoms with Crippen LogP contribution in [0.1, 0.15) is 38.7 Å². The van der Waals surface area contributed by atoms with Crippen molar-refractivity contribution >= 4 is 11.9 Å². The Balaban J connectivity index is 0.00000154. The van der Waals surface area contributed by atoms with Crippen LogP contribution >= 0.6 is 0 Å². The first-order valence-corrected chi connectivity index (χ1v) is 6.58. The molecular weight excluding hydrogens is 244 g/mol. The molecule has 0 spiro atoms. The first kappa shape index (κ1) is 17.2. The zero-order valence-corrected chi connectivity index (χ0v) is 11.5. The minimum Gasteiger partial charge on any atom is -0.481 e. The van der Waals surface area contributed by atoms with Gasteiger partial charge in [-0.3, -0.25) is 9.59 Å². The van der Waals surface area contributed by atoms with Crippen LogP contribution in [0.3, 0.4) is 0 Å². The van der Waals surface area contributed by atoms with Crippen LogP contribution in [-0.4, -0.2) is 22.2 Å². The summed E-state index contributed by atoms with van der Waals surface area (Å²) in [7, 11) is 0. The van der Waals surface area contributed by atoms with Crippen LogP contribution in [0.5, 0.6) is 0 Å². The van der Waals surface area contributed by atoms with Crippen LogP contribution in [-0.2, 0) is 16.0 Å². The number of hydrogen-bond donors (Lipinski definition) is 2. The summed E-state index contributed by atoms with van der Waals surface area (Å²) in [6.45, 7) is 4.00. The van der Waals surface area contributed by atoms with Gasteiger partial charge in [0.05, 0.1) is 5.92 Å². The molecule has 4 heteroatoms. The molecule has 1 aromatic rings. The van der Waals surface area contributed by atoms with Gasteiger partial charge < -0.3 is 10.2 Å². The topological polar surface area (TPSA) is 74.6 Å². The van der Waals surface area contributed by atoms with Gasteiger partial charge in [-0.05, 0) is 24.8 Å². The van der Waals surface area contributed by atoms with Gasteiger partial charge >= 0.3 is 11.9 Å². The number of carboxylic acid groups (broad SMARTS) is 2. The Hall–Kier alpha value is -1.84. The predicted octanol–water partition coefficient (Wildman–Crippen LogP) is 3.21. The van der Waals surface area contributed by atoms with Crippen molar-refractivity contribution in [2.24, 2.45) is 5.92 Å². The highest BCUT2D eigenvalue weighted by Crippen LogP contribution is 2.15. The van der Waals surface area contributed by atoms with Crippen molar-refractivity contribution in [3.63, 3.8) is 0 Å². The summed E-state index contributed by atoms with van der Waals surface area (Å²) in [5.74, 6) is -2.25. The van der Waals surface area contributed by atoms with E-state index in [4.69, 9.17) is 10.2 Å². The molecule has 0 aliphatic heterocycles. The standard InChI is InChI=1S/C13H16O4.C2H6/c14-12(15)8-4-7-11(13(16)17)9-10-5-2-1-3-6-10;1-2/h1-3,5-6,11H,4,7-9H2,(H,14,15)(H,16,17);1-2H3. The molecule has 1 unspecified atom stereocenters. The molecular formula is C15H22O4. The van der Waals surface area contributed by atoms with E-state index in [0.29, 0.717) is 19.3 Å². The van der Waals surface area contributed by atoms with Gasteiger partial charge in [0.15, 0.2) is 0 Å². The molecule has 1 atom stereocenters. The van der Waals surface area contributed by atoms with Crippen molar-refractivity contribution < 1.29 is 19.8 Å². The number of hydrogen-bond acceptors (Lipinski definition) is 2. The quantitative estimate of drug-likeness (QED) is 0.794. The highest BCUT2D eigenvalue weighted by atomic mass is 16.4. The fraction of sp³-hybridized carbons (Fsp3) is 0.467. The molecule has 1 rings (SSSR count). The minimum atomic E-state index is -0.881. The molecule has 0 saturated carbocycles. The molecule has 19 heavy (non-hydrogen) atoms. The minimum absolute atomic E-state index is 0.0264. The van der Waals surface area contributed by atoms with Crippen LogP contribution in [0.4, 0.5) is 0 Å². The van der Waals surface area contributed by atoms with Gasteiger partial charge in [0.1, 0.15) is 0 Å². The summed E-state index contributed by atoms with van der Waals surface area (Å²) in [5.41, 5.74) is 0.968. The van der Waals surface area contributed by atoms with Gasteiger partial charge in [-0.2, -0.15) is 0 Å². The predicted molar refractivity (Wildman–Crippen MR) is 74.1 cm³/mol. The maximum Gasteiger partial charge on any atom is 0.306 e. The average molecular weight is 266 g/mol. The highest BCUT2D eigenvalue weighted by Gasteiger charge is 2.17. The molecule has 4 nitrogen and oxygen atoms in total. The van der Waals surface area contributed by atoms with Crippen molar-refractivity contribution in [3.05, 3.63) is 35.9 Å². The van der Waals surface area contributed by atoms with E-state index in [9.17, 15) is 9.59 Å². The van der Waals surface area contributed by atoms with Crippen molar-refractivity contribution in [1.29, 1.82) is 0 Å². The SMILES string of the molecule is CC.O=C(O)CCCC(Cc1ccccc1)C(=O)O. The molecule has 0 aliphatic carbocycles. The maximum atomic E-state index is 11.0. The molecule has 2 N–H and O–H groups in total. The molecule has 1 aromatic carbocycles. The normalized spacial score (nSPS) is 11.1. The molecule has 0 aromatic heterocycles. The Morgan fingerprint density at radius 1 is 1.11 bits per heavy atom. The number of rotatable bonds is 7. The van der Waals surface area contributed by atoms with Gasteiger partial charge in [-0.25, -0.2) is 0 Å². The second-order valence-corrected chi connectivity index (χ2v) is 4.01. The van der Waals surface area contributed by atoms with E-state index in [1.54, 1.807) is 0 Å². The highest BCUT2D eigenvalue weighted by molar-refractivity contribution is 5.70. The summed E-state index contributed by atoms with van der Waals surface area (Å²) >= 11 is 0. The molecule has 0 fully saturated rings. The summed E-state index contributed by atoms with van der Waals surface area (Å²) in [4.78, 5) is 21.4. The number of carbonyl (C=O) groups is 2. The fourth-order valence-corrected chi connectivity index (χ4v) is 1.71. The van der Waals surface area contributed by atoms with Crippen molar-refractivity contribution in [2.45, 2.75) is 39.5 Å². The Morgan fingerprint density at radius 2 is 1.68 bits per heavy atom. The lowest BCUT2D eigenvalue weighted by molar-refractivity contribution is -0.143.